The lowest BCUT2D eigenvalue weighted by Crippen LogP contribution is -2.42. The van der Waals surface area contributed by atoms with Crippen LogP contribution in [-0.2, 0) is 10.8 Å². The smallest absolute Gasteiger partial charge is 0.0383 e. The number of nitrogens with one attached hydrogen (secondary N) is 1. The summed E-state index contributed by atoms with van der Waals surface area (Å²) in [6.45, 7) is 4.39. The van der Waals surface area contributed by atoms with Crippen molar-refractivity contribution in [2.75, 3.05) is 17.8 Å². The fourth-order valence-corrected chi connectivity index (χ4v) is 3.73. The third-order valence-electron chi connectivity index (χ3n) is 2.36. The van der Waals surface area contributed by atoms with Crippen molar-refractivity contribution in [2.45, 2.75) is 37.6 Å². The monoisotopic (exact) mass is 221 g/mol. The van der Waals surface area contributed by atoms with Crippen LogP contribution in [0.15, 0.2) is 0 Å². The molecule has 0 aromatic heterocycles. The quantitative estimate of drug-likeness (QED) is 0.774. The predicted octanol–water partition coefficient (Wildman–Crippen LogP) is 1.24. The highest BCUT2D eigenvalue weighted by Gasteiger charge is 2.24. The largest absolute Gasteiger partial charge is 0.309 e. The molecule has 0 aromatic carbocycles. The van der Waals surface area contributed by atoms with Gasteiger partial charge in [-0.2, -0.15) is 11.8 Å². The molecule has 78 valence electrons. The van der Waals surface area contributed by atoms with Gasteiger partial charge in [-0.15, -0.1) is 0 Å². The minimum absolute atomic E-state index is 0.386. The minimum atomic E-state index is -0.676. The maximum absolute atomic E-state index is 11.0. The zero-order valence-corrected chi connectivity index (χ0v) is 10.2. The third kappa shape index (κ3) is 4.00. The first kappa shape index (κ1) is 11.5. The molecule has 4 heteroatoms. The molecule has 0 aromatic rings. The van der Waals surface area contributed by atoms with Crippen LogP contribution in [0.2, 0.25) is 0 Å². The first-order chi connectivity index (χ1) is 6.09. The molecule has 0 saturated carbocycles. The number of hydrogen-bond acceptors (Lipinski definition) is 3. The lowest BCUT2D eigenvalue weighted by atomic mass is 10.1. The van der Waals surface area contributed by atoms with E-state index in [1.807, 2.05) is 11.8 Å². The Morgan fingerprint density at radius 1 is 1.69 bits per heavy atom. The molecule has 13 heavy (non-hydrogen) atoms. The highest BCUT2D eigenvalue weighted by atomic mass is 32.2. The second-order valence-electron chi connectivity index (χ2n) is 3.78. The fourth-order valence-electron chi connectivity index (χ4n) is 1.72. The molecule has 1 fully saturated rings. The normalized spacial score (nSPS) is 33.2. The lowest BCUT2D eigenvalue weighted by molar-refractivity contribution is 0.465. The minimum Gasteiger partial charge on any atom is -0.309 e. The highest BCUT2D eigenvalue weighted by molar-refractivity contribution is 8.00. The topological polar surface area (TPSA) is 29.1 Å². The van der Waals surface area contributed by atoms with Crippen molar-refractivity contribution in [1.82, 2.24) is 5.32 Å². The van der Waals surface area contributed by atoms with Crippen LogP contribution < -0.4 is 5.32 Å². The molecule has 0 bridgehead atoms. The van der Waals surface area contributed by atoms with E-state index in [-0.39, 0.29) is 0 Å². The molecular formula is C9H19NOS2. The van der Waals surface area contributed by atoms with Crippen molar-refractivity contribution in [3.63, 3.8) is 0 Å². The van der Waals surface area contributed by atoms with Gasteiger partial charge in [0.25, 0.3) is 0 Å². The van der Waals surface area contributed by atoms with Gasteiger partial charge in [0, 0.05) is 40.1 Å². The van der Waals surface area contributed by atoms with E-state index in [1.54, 1.807) is 6.26 Å². The molecule has 1 rings (SSSR count). The summed E-state index contributed by atoms with van der Waals surface area (Å²) >= 11 is 2.03. The summed E-state index contributed by atoms with van der Waals surface area (Å²) in [6.07, 6.45) is 3.03. The Bertz CT molecular complexity index is 186. The molecule has 1 heterocycles. The standard InChI is InChI=1S/C9H19NOS2/c1-7(6-13(3)11)10-9-4-5-12-8(9)2/h7-10H,4-6H2,1-3H3. The molecule has 0 amide bonds. The summed E-state index contributed by atoms with van der Waals surface area (Å²) < 4.78 is 11.0. The second-order valence-corrected chi connectivity index (χ2v) is 6.74. The number of hydrogen-bond donors (Lipinski definition) is 1. The first-order valence-corrected chi connectivity index (χ1v) is 7.55. The van der Waals surface area contributed by atoms with Crippen molar-refractivity contribution in [3.8, 4) is 0 Å². The van der Waals surface area contributed by atoms with E-state index < -0.39 is 10.8 Å². The zero-order chi connectivity index (χ0) is 9.84. The Morgan fingerprint density at radius 2 is 2.38 bits per heavy atom. The molecule has 4 atom stereocenters. The average molecular weight is 221 g/mol. The van der Waals surface area contributed by atoms with Crippen LogP contribution in [0.25, 0.3) is 0 Å². The van der Waals surface area contributed by atoms with Crippen molar-refractivity contribution in [1.29, 1.82) is 0 Å². The summed E-state index contributed by atoms with van der Waals surface area (Å²) in [5, 5.41) is 4.26. The van der Waals surface area contributed by atoms with E-state index in [9.17, 15) is 4.21 Å². The summed E-state index contributed by atoms with van der Waals surface area (Å²) in [6, 6.07) is 1.01. The van der Waals surface area contributed by atoms with Crippen LogP contribution >= 0.6 is 11.8 Å². The summed E-state index contributed by atoms with van der Waals surface area (Å²) in [7, 11) is -0.676. The van der Waals surface area contributed by atoms with E-state index >= 15 is 0 Å². The van der Waals surface area contributed by atoms with Gasteiger partial charge >= 0.3 is 0 Å². The summed E-state index contributed by atoms with van der Waals surface area (Å²) in [5.74, 6) is 2.04. The van der Waals surface area contributed by atoms with Crippen LogP contribution in [0, 0.1) is 0 Å². The Balaban J connectivity index is 2.26. The summed E-state index contributed by atoms with van der Waals surface area (Å²) in [4.78, 5) is 0. The Hall–Kier alpha value is 0.460. The first-order valence-electron chi connectivity index (χ1n) is 4.77. The van der Waals surface area contributed by atoms with Crippen LogP contribution in [0.3, 0.4) is 0 Å². The molecule has 4 unspecified atom stereocenters. The van der Waals surface area contributed by atoms with Crippen molar-refractivity contribution < 1.29 is 4.21 Å². The van der Waals surface area contributed by atoms with Crippen molar-refractivity contribution in [3.05, 3.63) is 0 Å². The van der Waals surface area contributed by atoms with Gasteiger partial charge in [-0.25, -0.2) is 0 Å². The molecule has 1 saturated heterocycles. The van der Waals surface area contributed by atoms with Crippen molar-refractivity contribution >= 4 is 22.6 Å². The van der Waals surface area contributed by atoms with Crippen LogP contribution in [0.5, 0.6) is 0 Å². The highest BCUT2D eigenvalue weighted by Crippen LogP contribution is 2.26. The van der Waals surface area contributed by atoms with E-state index in [2.05, 4.69) is 19.2 Å². The maximum Gasteiger partial charge on any atom is 0.0383 e. The van der Waals surface area contributed by atoms with Crippen LogP contribution in [-0.4, -0.2) is 39.3 Å². The molecule has 0 radical (unpaired) electrons. The molecule has 1 aliphatic heterocycles. The summed E-state index contributed by atoms with van der Waals surface area (Å²) in [5.41, 5.74) is 0. The Kier molecular flexibility index (Phi) is 4.76. The van der Waals surface area contributed by atoms with E-state index in [0.29, 0.717) is 17.3 Å². The Labute approximate surface area is 87.7 Å². The van der Waals surface area contributed by atoms with Gasteiger partial charge in [0.1, 0.15) is 0 Å². The fraction of sp³-hybridized carbons (Fsp3) is 1.00. The molecule has 1 N–H and O–H groups in total. The zero-order valence-electron chi connectivity index (χ0n) is 8.58. The van der Waals surface area contributed by atoms with E-state index in [0.717, 1.165) is 5.75 Å². The third-order valence-corrected chi connectivity index (χ3v) is 4.65. The van der Waals surface area contributed by atoms with Gasteiger partial charge in [0.15, 0.2) is 0 Å². The molecule has 0 spiro atoms. The SMILES string of the molecule is CC(CS(C)=O)NC1CCSC1C. The van der Waals surface area contributed by atoms with Gasteiger partial charge in [0.05, 0.1) is 0 Å². The molecule has 1 aliphatic rings. The van der Waals surface area contributed by atoms with Gasteiger partial charge in [-0.1, -0.05) is 6.92 Å². The van der Waals surface area contributed by atoms with E-state index in [1.165, 1.54) is 12.2 Å². The number of rotatable bonds is 4. The van der Waals surface area contributed by atoms with Gasteiger partial charge in [0.2, 0.25) is 0 Å². The number of thioether (sulfide) groups is 1. The maximum atomic E-state index is 11.0. The molecule has 0 aliphatic carbocycles. The molecular weight excluding hydrogens is 202 g/mol. The van der Waals surface area contributed by atoms with Crippen molar-refractivity contribution in [2.24, 2.45) is 0 Å². The second kappa shape index (κ2) is 5.37. The van der Waals surface area contributed by atoms with Gasteiger partial charge in [-0.3, -0.25) is 4.21 Å². The van der Waals surface area contributed by atoms with Crippen LogP contribution in [0.1, 0.15) is 20.3 Å². The van der Waals surface area contributed by atoms with Crippen LogP contribution in [0.4, 0.5) is 0 Å². The average Bonchev–Trinajstić information content (AvgIpc) is 2.34. The van der Waals surface area contributed by atoms with E-state index in [4.69, 9.17) is 0 Å². The molecule has 2 nitrogen and oxygen atoms in total. The van der Waals surface area contributed by atoms with Gasteiger partial charge in [-0.05, 0) is 19.1 Å². The predicted molar refractivity (Wildman–Crippen MR) is 61.9 cm³/mol. The Morgan fingerprint density at radius 3 is 2.85 bits per heavy atom. The van der Waals surface area contributed by atoms with Gasteiger partial charge < -0.3 is 5.32 Å². The lowest BCUT2D eigenvalue weighted by Gasteiger charge is -2.21.